The maximum atomic E-state index is 12.8. The quantitative estimate of drug-likeness (QED) is 0.860. The van der Waals surface area contributed by atoms with Crippen LogP contribution in [-0.2, 0) is 0 Å². The molecule has 0 radical (unpaired) electrons. The zero-order valence-corrected chi connectivity index (χ0v) is 14.2. The molecule has 128 valence electrons. The number of pyridine rings is 1. The first-order valence-electron chi connectivity index (χ1n) is 8.25. The van der Waals surface area contributed by atoms with E-state index in [1.165, 1.54) is 0 Å². The van der Waals surface area contributed by atoms with Crippen molar-refractivity contribution in [2.75, 3.05) is 38.2 Å². The van der Waals surface area contributed by atoms with Crippen molar-refractivity contribution < 1.29 is 9.53 Å². The molecule has 6 nitrogen and oxygen atoms in total. The molecule has 1 aromatic carbocycles. The van der Waals surface area contributed by atoms with Crippen LogP contribution in [0.4, 0.5) is 5.69 Å². The zero-order valence-electron chi connectivity index (χ0n) is 14.2. The van der Waals surface area contributed by atoms with E-state index in [1.54, 1.807) is 25.4 Å². The lowest BCUT2D eigenvalue weighted by molar-refractivity contribution is 0.0766. The zero-order chi connectivity index (χ0) is 17.6. The summed E-state index contributed by atoms with van der Waals surface area (Å²) < 4.78 is 5.20. The Kier molecular flexibility index (Phi) is 5.14. The van der Waals surface area contributed by atoms with Crippen LogP contribution in [0, 0.1) is 11.3 Å². The Morgan fingerprint density at radius 3 is 2.80 bits per heavy atom. The molecule has 6 heteroatoms. The van der Waals surface area contributed by atoms with Crippen LogP contribution in [0.1, 0.15) is 22.5 Å². The number of nitriles is 1. The number of ether oxygens (including phenoxy) is 1. The number of carbonyl (C=O) groups excluding carboxylic acids is 1. The van der Waals surface area contributed by atoms with E-state index in [9.17, 15) is 4.79 Å². The highest BCUT2D eigenvalue weighted by Gasteiger charge is 2.21. The summed E-state index contributed by atoms with van der Waals surface area (Å²) in [6, 6.07) is 12.9. The van der Waals surface area contributed by atoms with Crippen molar-refractivity contribution in [1.82, 2.24) is 9.88 Å². The number of hydrogen-bond acceptors (Lipinski definition) is 5. The molecule has 25 heavy (non-hydrogen) atoms. The average molecular weight is 336 g/mol. The summed E-state index contributed by atoms with van der Waals surface area (Å²) >= 11 is 0. The molecule has 1 aliphatic heterocycles. The molecule has 1 fully saturated rings. The summed E-state index contributed by atoms with van der Waals surface area (Å²) in [6.45, 7) is 2.96. The molecule has 1 aliphatic rings. The third kappa shape index (κ3) is 3.89. The fourth-order valence-corrected chi connectivity index (χ4v) is 2.96. The first-order chi connectivity index (χ1) is 12.2. The summed E-state index contributed by atoms with van der Waals surface area (Å²) in [4.78, 5) is 21.0. The van der Waals surface area contributed by atoms with E-state index in [0.29, 0.717) is 23.6 Å². The van der Waals surface area contributed by atoms with E-state index < -0.39 is 0 Å². The van der Waals surface area contributed by atoms with E-state index in [-0.39, 0.29) is 5.91 Å². The highest BCUT2D eigenvalue weighted by atomic mass is 16.5. The standard InChI is InChI=1S/C19H20N4O2/c1-25-18-5-2-4-15(12-18)19(24)23-9-3-8-22(10-11-23)17-7-6-16(13-20)21-14-17/h2,4-7,12,14H,3,8-11H2,1H3. The van der Waals surface area contributed by atoms with Crippen molar-refractivity contribution in [2.45, 2.75) is 6.42 Å². The van der Waals surface area contributed by atoms with E-state index in [2.05, 4.69) is 9.88 Å². The number of aromatic nitrogens is 1. The van der Waals surface area contributed by atoms with Crippen molar-refractivity contribution in [1.29, 1.82) is 5.26 Å². The number of methoxy groups -OCH3 is 1. The van der Waals surface area contributed by atoms with Crippen LogP contribution < -0.4 is 9.64 Å². The lowest BCUT2D eigenvalue weighted by Crippen LogP contribution is -2.35. The fraction of sp³-hybridized carbons (Fsp3) is 0.316. The van der Waals surface area contributed by atoms with Crippen molar-refractivity contribution >= 4 is 11.6 Å². The fourth-order valence-electron chi connectivity index (χ4n) is 2.96. The van der Waals surface area contributed by atoms with Gasteiger partial charge in [0.05, 0.1) is 19.0 Å². The number of benzene rings is 1. The molecule has 0 atom stereocenters. The highest BCUT2D eigenvalue weighted by molar-refractivity contribution is 5.94. The van der Waals surface area contributed by atoms with Gasteiger partial charge >= 0.3 is 0 Å². The summed E-state index contributed by atoms with van der Waals surface area (Å²) in [5, 5.41) is 8.85. The first-order valence-corrected chi connectivity index (χ1v) is 8.25. The molecule has 1 saturated heterocycles. The number of nitrogens with zero attached hydrogens (tertiary/aromatic N) is 4. The lowest BCUT2D eigenvalue weighted by Gasteiger charge is -2.23. The van der Waals surface area contributed by atoms with Gasteiger partial charge in [-0.1, -0.05) is 6.07 Å². The molecule has 0 spiro atoms. The first kappa shape index (κ1) is 16.8. The predicted molar refractivity (Wildman–Crippen MR) is 94.7 cm³/mol. The van der Waals surface area contributed by atoms with E-state index in [4.69, 9.17) is 10.00 Å². The van der Waals surface area contributed by atoms with Crippen LogP contribution in [-0.4, -0.2) is 49.1 Å². The number of hydrogen-bond donors (Lipinski definition) is 0. The third-order valence-electron chi connectivity index (χ3n) is 4.33. The molecule has 0 N–H and O–H groups in total. The van der Waals surface area contributed by atoms with Gasteiger partial charge in [0.1, 0.15) is 17.5 Å². The summed E-state index contributed by atoms with van der Waals surface area (Å²) in [7, 11) is 1.60. The second-order valence-corrected chi connectivity index (χ2v) is 5.88. The van der Waals surface area contributed by atoms with Crippen molar-refractivity contribution in [2.24, 2.45) is 0 Å². The van der Waals surface area contributed by atoms with Crippen LogP contribution in [0.2, 0.25) is 0 Å². The Morgan fingerprint density at radius 2 is 2.08 bits per heavy atom. The molecular formula is C19H20N4O2. The summed E-state index contributed by atoms with van der Waals surface area (Å²) in [5.41, 5.74) is 2.04. The van der Waals surface area contributed by atoms with Gasteiger partial charge in [-0.05, 0) is 36.8 Å². The SMILES string of the molecule is COc1cccc(C(=O)N2CCCN(c3ccc(C#N)nc3)CC2)c1. The molecule has 2 aromatic rings. The molecule has 0 bridgehead atoms. The Morgan fingerprint density at radius 1 is 1.20 bits per heavy atom. The second kappa shape index (κ2) is 7.67. The van der Waals surface area contributed by atoms with Gasteiger partial charge in [0, 0.05) is 31.7 Å². The topological polar surface area (TPSA) is 69.5 Å². The molecule has 1 aromatic heterocycles. The van der Waals surface area contributed by atoms with Crippen LogP contribution in [0.5, 0.6) is 5.75 Å². The minimum Gasteiger partial charge on any atom is -0.497 e. The van der Waals surface area contributed by atoms with Crippen molar-refractivity contribution in [3.63, 3.8) is 0 Å². The predicted octanol–water partition coefficient (Wildman–Crippen LogP) is 2.31. The molecule has 0 aliphatic carbocycles. The Labute approximate surface area is 147 Å². The maximum absolute atomic E-state index is 12.8. The van der Waals surface area contributed by atoms with Gasteiger partial charge in [-0.15, -0.1) is 0 Å². The number of anilines is 1. The molecule has 2 heterocycles. The van der Waals surface area contributed by atoms with Crippen LogP contribution in [0.25, 0.3) is 0 Å². The van der Waals surface area contributed by atoms with E-state index in [1.807, 2.05) is 35.2 Å². The van der Waals surface area contributed by atoms with Crippen LogP contribution in [0.15, 0.2) is 42.6 Å². The van der Waals surface area contributed by atoms with Gasteiger partial charge in [-0.25, -0.2) is 4.98 Å². The molecule has 3 rings (SSSR count). The van der Waals surface area contributed by atoms with Gasteiger partial charge in [-0.3, -0.25) is 4.79 Å². The molecule has 0 unspecified atom stereocenters. The number of amides is 1. The van der Waals surface area contributed by atoms with E-state index >= 15 is 0 Å². The van der Waals surface area contributed by atoms with Gasteiger partial charge in [0.15, 0.2) is 0 Å². The summed E-state index contributed by atoms with van der Waals surface area (Å²) in [5.74, 6) is 0.713. The Bertz CT molecular complexity index is 783. The Balaban J connectivity index is 1.68. The van der Waals surface area contributed by atoms with E-state index in [0.717, 1.165) is 31.7 Å². The number of carbonyl (C=O) groups is 1. The minimum atomic E-state index is 0.0266. The van der Waals surface area contributed by atoms with Gasteiger partial charge in [0.25, 0.3) is 5.91 Å². The monoisotopic (exact) mass is 336 g/mol. The second-order valence-electron chi connectivity index (χ2n) is 5.88. The van der Waals surface area contributed by atoms with Crippen molar-refractivity contribution in [3.05, 3.63) is 53.9 Å². The summed E-state index contributed by atoms with van der Waals surface area (Å²) in [6.07, 6.45) is 2.60. The molecule has 1 amide bonds. The van der Waals surface area contributed by atoms with Gasteiger partial charge in [-0.2, -0.15) is 5.26 Å². The van der Waals surface area contributed by atoms with Crippen LogP contribution in [0.3, 0.4) is 0 Å². The normalized spacial score (nSPS) is 14.6. The molecular weight excluding hydrogens is 316 g/mol. The third-order valence-corrected chi connectivity index (χ3v) is 4.33. The smallest absolute Gasteiger partial charge is 0.254 e. The van der Waals surface area contributed by atoms with Crippen LogP contribution >= 0.6 is 0 Å². The Hall–Kier alpha value is -3.07. The average Bonchev–Trinajstić information content (AvgIpc) is 2.94. The largest absolute Gasteiger partial charge is 0.497 e. The lowest BCUT2D eigenvalue weighted by atomic mass is 10.2. The number of rotatable bonds is 3. The maximum Gasteiger partial charge on any atom is 0.254 e. The van der Waals surface area contributed by atoms with Gasteiger partial charge in [0.2, 0.25) is 0 Å². The molecule has 0 saturated carbocycles. The van der Waals surface area contributed by atoms with Gasteiger partial charge < -0.3 is 14.5 Å². The minimum absolute atomic E-state index is 0.0266. The van der Waals surface area contributed by atoms with Crippen molar-refractivity contribution in [3.8, 4) is 11.8 Å². The highest BCUT2D eigenvalue weighted by Crippen LogP contribution is 2.18.